The number of rotatable bonds is 4. The Bertz CT molecular complexity index is 523. The van der Waals surface area contributed by atoms with Gasteiger partial charge in [0.1, 0.15) is 0 Å². The van der Waals surface area contributed by atoms with Gasteiger partial charge in [-0.25, -0.2) is 4.98 Å². The molecular formula is C13H20N6. The van der Waals surface area contributed by atoms with Crippen LogP contribution in [0.25, 0.3) is 11.3 Å². The fourth-order valence-electron chi connectivity index (χ4n) is 2.48. The van der Waals surface area contributed by atoms with Crippen LogP contribution in [0.5, 0.6) is 0 Å². The maximum absolute atomic E-state index is 4.27. The van der Waals surface area contributed by atoms with Gasteiger partial charge in [-0.3, -0.25) is 9.58 Å². The molecule has 0 aliphatic carbocycles. The van der Waals surface area contributed by atoms with Gasteiger partial charge in [0, 0.05) is 58.1 Å². The zero-order chi connectivity index (χ0) is 13.1. The highest BCUT2D eigenvalue weighted by atomic mass is 15.2. The summed E-state index contributed by atoms with van der Waals surface area (Å²) in [5, 5.41) is 7.60. The predicted molar refractivity (Wildman–Crippen MR) is 73.7 cm³/mol. The van der Waals surface area contributed by atoms with E-state index < -0.39 is 0 Å². The fraction of sp³-hybridized carbons (Fsp3) is 0.538. The Kier molecular flexibility index (Phi) is 3.61. The Hall–Kier alpha value is -1.66. The lowest BCUT2D eigenvalue weighted by molar-refractivity contribution is 0.233. The second-order valence-corrected chi connectivity index (χ2v) is 4.97. The van der Waals surface area contributed by atoms with E-state index >= 15 is 0 Å². The predicted octanol–water partition coefficient (Wildman–Crippen LogP) is 0.189. The molecule has 19 heavy (non-hydrogen) atoms. The lowest BCUT2D eigenvalue weighted by Gasteiger charge is -2.27. The molecule has 0 spiro atoms. The lowest BCUT2D eigenvalue weighted by Crippen LogP contribution is -2.44. The number of hydrogen-bond donors (Lipinski definition) is 1. The van der Waals surface area contributed by atoms with Gasteiger partial charge >= 0.3 is 0 Å². The molecule has 2 aromatic heterocycles. The van der Waals surface area contributed by atoms with Crippen molar-refractivity contribution in [3.05, 3.63) is 24.9 Å². The van der Waals surface area contributed by atoms with Gasteiger partial charge in [0.15, 0.2) is 0 Å². The molecular weight excluding hydrogens is 240 g/mol. The Morgan fingerprint density at radius 1 is 1.21 bits per heavy atom. The van der Waals surface area contributed by atoms with Crippen LogP contribution in [0.1, 0.15) is 0 Å². The number of imidazole rings is 1. The molecule has 1 N–H and O–H groups in total. The molecule has 1 aliphatic rings. The molecule has 0 amide bonds. The van der Waals surface area contributed by atoms with Crippen LogP contribution in [0.4, 0.5) is 0 Å². The third-order valence-electron chi connectivity index (χ3n) is 3.58. The molecule has 6 heteroatoms. The highest BCUT2D eigenvalue weighted by Gasteiger charge is 2.11. The number of nitrogens with one attached hydrogen (secondary N) is 1. The molecule has 3 heterocycles. The average Bonchev–Trinajstić information content (AvgIpc) is 3.06. The third-order valence-corrected chi connectivity index (χ3v) is 3.58. The maximum atomic E-state index is 4.27. The molecule has 1 saturated heterocycles. The second kappa shape index (κ2) is 5.54. The number of aryl methyl sites for hydroxylation is 1. The van der Waals surface area contributed by atoms with Crippen molar-refractivity contribution in [3.63, 3.8) is 0 Å². The topological polar surface area (TPSA) is 50.9 Å². The van der Waals surface area contributed by atoms with E-state index in [0.29, 0.717) is 0 Å². The van der Waals surface area contributed by atoms with Crippen molar-refractivity contribution in [2.75, 3.05) is 32.7 Å². The van der Waals surface area contributed by atoms with Gasteiger partial charge in [0.25, 0.3) is 0 Å². The first-order valence-corrected chi connectivity index (χ1v) is 6.75. The maximum Gasteiger partial charge on any atom is 0.0951 e. The molecule has 3 rings (SSSR count). The third kappa shape index (κ3) is 2.85. The number of piperazine rings is 1. The van der Waals surface area contributed by atoms with E-state index in [0.717, 1.165) is 50.5 Å². The van der Waals surface area contributed by atoms with E-state index in [1.54, 1.807) is 0 Å². The zero-order valence-electron chi connectivity index (χ0n) is 11.3. The Morgan fingerprint density at radius 2 is 2.05 bits per heavy atom. The van der Waals surface area contributed by atoms with E-state index in [-0.39, 0.29) is 0 Å². The average molecular weight is 260 g/mol. The molecule has 0 aromatic carbocycles. The van der Waals surface area contributed by atoms with Crippen molar-refractivity contribution in [1.82, 2.24) is 29.5 Å². The van der Waals surface area contributed by atoms with Crippen molar-refractivity contribution in [2.24, 2.45) is 7.05 Å². The normalized spacial score (nSPS) is 16.9. The van der Waals surface area contributed by atoms with E-state index in [1.165, 1.54) is 0 Å². The van der Waals surface area contributed by atoms with E-state index in [4.69, 9.17) is 0 Å². The monoisotopic (exact) mass is 260 g/mol. The first-order valence-electron chi connectivity index (χ1n) is 6.75. The van der Waals surface area contributed by atoms with Crippen LogP contribution in [-0.4, -0.2) is 57.0 Å². The SMILES string of the molecule is Cn1cc(-c2cncn2CCN2CCNCC2)cn1. The van der Waals surface area contributed by atoms with Crippen LogP contribution in [0, 0.1) is 0 Å². The minimum Gasteiger partial charge on any atom is -0.329 e. The molecule has 1 aliphatic heterocycles. The lowest BCUT2D eigenvalue weighted by atomic mass is 10.2. The molecule has 2 aromatic rings. The van der Waals surface area contributed by atoms with Crippen molar-refractivity contribution >= 4 is 0 Å². The fourth-order valence-corrected chi connectivity index (χ4v) is 2.48. The van der Waals surface area contributed by atoms with Crippen LogP contribution in [-0.2, 0) is 13.6 Å². The van der Waals surface area contributed by atoms with Gasteiger partial charge in [0.2, 0.25) is 0 Å². The molecule has 0 unspecified atom stereocenters. The van der Waals surface area contributed by atoms with Crippen LogP contribution >= 0.6 is 0 Å². The molecule has 102 valence electrons. The van der Waals surface area contributed by atoms with Crippen molar-refractivity contribution in [1.29, 1.82) is 0 Å². The summed E-state index contributed by atoms with van der Waals surface area (Å²) in [4.78, 5) is 6.76. The minimum atomic E-state index is 0.976. The second-order valence-electron chi connectivity index (χ2n) is 4.97. The molecule has 0 radical (unpaired) electrons. The first kappa shape index (κ1) is 12.4. The van der Waals surface area contributed by atoms with Gasteiger partial charge in [-0.05, 0) is 0 Å². The molecule has 0 bridgehead atoms. The summed E-state index contributed by atoms with van der Waals surface area (Å²) in [5.74, 6) is 0. The van der Waals surface area contributed by atoms with Crippen LogP contribution in [0.15, 0.2) is 24.9 Å². The van der Waals surface area contributed by atoms with Gasteiger partial charge in [0.05, 0.1) is 24.4 Å². The van der Waals surface area contributed by atoms with Gasteiger partial charge in [-0.1, -0.05) is 0 Å². The molecule has 6 nitrogen and oxygen atoms in total. The van der Waals surface area contributed by atoms with Crippen LogP contribution in [0.3, 0.4) is 0 Å². The molecule has 0 saturated carbocycles. The highest BCUT2D eigenvalue weighted by Crippen LogP contribution is 2.17. The summed E-state index contributed by atoms with van der Waals surface area (Å²) < 4.78 is 4.03. The van der Waals surface area contributed by atoms with Crippen molar-refractivity contribution in [3.8, 4) is 11.3 Å². The van der Waals surface area contributed by atoms with E-state index in [9.17, 15) is 0 Å². The van der Waals surface area contributed by atoms with Crippen LogP contribution < -0.4 is 5.32 Å². The summed E-state index contributed by atoms with van der Waals surface area (Å²) in [5.41, 5.74) is 2.27. The smallest absolute Gasteiger partial charge is 0.0951 e. The highest BCUT2D eigenvalue weighted by molar-refractivity contribution is 5.56. The first-order chi connectivity index (χ1) is 9.33. The zero-order valence-corrected chi connectivity index (χ0v) is 11.3. The van der Waals surface area contributed by atoms with Crippen LogP contribution in [0.2, 0.25) is 0 Å². The van der Waals surface area contributed by atoms with Crippen molar-refractivity contribution < 1.29 is 0 Å². The van der Waals surface area contributed by atoms with Gasteiger partial charge < -0.3 is 9.88 Å². The summed E-state index contributed by atoms with van der Waals surface area (Å²) in [6.45, 7) is 6.52. The Labute approximate surface area is 113 Å². The number of aromatic nitrogens is 4. The summed E-state index contributed by atoms with van der Waals surface area (Å²) in [6.07, 6.45) is 7.73. The summed E-state index contributed by atoms with van der Waals surface area (Å²) >= 11 is 0. The number of nitrogens with zero attached hydrogens (tertiary/aromatic N) is 5. The summed E-state index contributed by atoms with van der Waals surface area (Å²) in [6, 6.07) is 0. The van der Waals surface area contributed by atoms with E-state index in [2.05, 4.69) is 24.9 Å². The molecule has 1 fully saturated rings. The number of hydrogen-bond acceptors (Lipinski definition) is 4. The summed E-state index contributed by atoms with van der Waals surface area (Å²) in [7, 11) is 1.94. The largest absolute Gasteiger partial charge is 0.329 e. The Balaban J connectivity index is 1.66. The van der Waals surface area contributed by atoms with Gasteiger partial charge in [-0.15, -0.1) is 0 Å². The van der Waals surface area contributed by atoms with Gasteiger partial charge in [-0.2, -0.15) is 5.10 Å². The van der Waals surface area contributed by atoms with Crippen molar-refractivity contribution in [2.45, 2.75) is 6.54 Å². The quantitative estimate of drug-likeness (QED) is 0.852. The standard InChI is InChI=1S/C13H20N6/c1-17-10-12(8-16-17)13-9-15-11-19(13)7-6-18-4-2-14-3-5-18/h8-11,14H,2-7H2,1H3. The van der Waals surface area contributed by atoms with E-state index in [1.807, 2.05) is 36.6 Å². The molecule has 0 atom stereocenters. The Morgan fingerprint density at radius 3 is 2.79 bits per heavy atom. The minimum absolute atomic E-state index is 0.976.